The number of hydrogen-bond donors (Lipinski definition) is 2. The third-order valence-corrected chi connectivity index (χ3v) is 2.58. The maximum absolute atomic E-state index is 11.8. The molecule has 0 unspecified atom stereocenters. The molecule has 0 saturated carbocycles. The van der Waals surface area contributed by atoms with Gasteiger partial charge in [-0.3, -0.25) is 19.1 Å². The highest BCUT2D eigenvalue weighted by atomic mass is 16.5. The first-order chi connectivity index (χ1) is 7.49. The molecule has 0 fully saturated rings. The Labute approximate surface area is 89.3 Å². The van der Waals surface area contributed by atoms with Crippen LogP contribution in [0.4, 0.5) is 5.95 Å². The molecule has 2 rings (SSSR count). The van der Waals surface area contributed by atoms with Gasteiger partial charge in [-0.1, -0.05) is 0 Å². The van der Waals surface area contributed by atoms with Crippen LogP contribution in [0.1, 0.15) is 0 Å². The Bertz CT molecular complexity index is 678. The van der Waals surface area contributed by atoms with Crippen molar-refractivity contribution in [3.8, 4) is 0 Å². The van der Waals surface area contributed by atoms with Gasteiger partial charge in [0.2, 0.25) is 5.95 Å². The largest absolute Gasteiger partial charge is 0.332 e. The number of nitrogens with one attached hydrogen (secondary N) is 1. The van der Waals surface area contributed by atoms with E-state index in [1.807, 2.05) is 5.48 Å². The predicted octanol–water partition coefficient (Wildman–Crippen LogP) is -1.23. The molecule has 8 heteroatoms. The zero-order valence-corrected chi connectivity index (χ0v) is 9.05. The molecular weight excluding hydrogens is 214 g/mol. The zero-order chi connectivity index (χ0) is 12.0. The van der Waals surface area contributed by atoms with Crippen molar-refractivity contribution in [1.29, 1.82) is 0 Å². The first-order valence-corrected chi connectivity index (χ1v) is 4.51. The third kappa shape index (κ3) is 1.10. The van der Waals surface area contributed by atoms with E-state index in [2.05, 4.69) is 4.98 Å². The van der Waals surface area contributed by atoms with Gasteiger partial charge in [-0.25, -0.2) is 10.3 Å². The van der Waals surface area contributed by atoms with Crippen LogP contribution in [0.2, 0.25) is 0 Å². The Morgan fingerprint density at radius 1 is 1.12 bits per heavy atom. The lowest BCUT2D eigenvalue weighted by molar-refractivity contribution is 0.380. The molecule has 8 nitrogen and oxygen atoms in total. The summed E-state index contributed by atoms with van der Waals surface area (Å²) < 4.78 is 3.62. The molecule has 0 spiro atoms. The van der Waals surface area contributed by atoms with Crippen molar-refractivity contribution in [2.24, 2.45) is 21.1 Å². The highest BCUT2D eigenvalue weighted by Crippen LogP contribution is 2.11. The Balaban J connectivity index is 3.13. The fraction of sp³-hybridized carbons (Fsp3) is 0.375. The average molecular weight is 225 g/mol. The number of fused-ring (bicyclic) bond motifs is 1. The van der Waals surface area contributed by atoms with E-state index in [0.29, 0.717) is 0 Å². The Kier molecular flexibility index (Phi) is 2.09. The molecule has 16 heavy (non-hydrogen) atoms. The molecule has 0 radical (unpaired) electrons. The van der Waals surface area contributed by atoms with Crippen LogP contribution in [0.15, 0.2) is 9.59 Å². The molecule has 86 valence electrons. The van der Waals surface area contributed by atoms with E-state index in [1.165, 1.54) is 23.2 Å². The van der Waals surface area contributed by atoms with Crippen molar-refractivity contribution in [1.82, 2.24) is 18.7 Å². The summed E-state index contributed by atoms with van der Waals surface area (Å²) in [7, 11) is 4.47. The average Bonchev–Trinajstić information content (AvgIpc) is 2.61. The lowest BCUT2D eigenvalue weighted by atomic mass is 10.5. The van der Waals surface area contributed by atoms with Crippen LogP contribution in [-0.4, -0.2) is 23.9 Å². The lowest BCUT2D eigenvalue weighted by Gasteiger charge is -2.02. The molecule has 0 saturated heterocycles. The van der Waals surface area contributed by atoms with Crippen molar-refractivity contribution in [3.05, 3.63) is 20.8 Å². The van der Waals surface area contributed by atoms with Crippen molar-refractivity contribution < 1.29 is 5.21 Å². The SMILES string of the molecule is Cn1c(=O)c2c(nc(NO)n2C)n(C)c1=O. The minimum atomic E-state index is -0.458. The molecule has 0 aliphatic carbocycles. The number of aryl methyl sites for hydroxylation is 2. The van der Waals surface area contributed by atoms with Gasteiger partial charge in [0.05, 0.1) is 0 Å². The molecule has 0 aliphatic heterocycles. The predicted molar refractivity (Wildman–Crippen MR) is 56.6 cm³/mol. The van der Waals surface area contributed by atoms with Crippen LogP contribution in [-0.2, 0) is 21.1 Å². The van der Waals surface area contributed by atoms with Gasteiger partial charge in [-0.2, -0.15) is 4.98 Å². The standard InChI is InChI=1S/C8H11N5O3/c1-11-4-5(9-7(11)10-16)12(2)8(15)13(3)6(4)14/h16H,1-3H3,(H,9,10). The van der Waals surface area contributed by atoms with Gasteiger partial charge < -0.3 is 4.57 Å². The van der Waals surface area contributed by atoms with Crippen LogP contribution in [0.25, 0.3) is 11.2 Å². The van der Waals surface area contributed by atoms with Gasteiger partial charge in [-0.15, -0.1) is 0 Å². The summed E-state index contributed by atoms with van der Waals surface area (Å²) in [6, 6.07) is 0. The van der Waals surface area contributed by atoms with Gasteiger partial charge in [0.25, 0.3) is 5.56 Å². The Morgan fingerprint density at radius 3 is 2.31 bits per heavy atom. The van der Waals surface area contributed by atoms with Crippen molar-refractivity contribution in [2.75, 3.05) is 5.48 Å². The van der Waals surface area contributed by atoms with Gasteiger partial charge in [0, 0.05) is 21.1 Å². The zero-order valence-electron chi connectivity index (χ0n) is 9.05. The highest BCUT2D eigenvalue weighted by Gasteiger charge is 2.16. The van der Waals surface area contributed by atoms with E-state index in [4.69, 9.17) is 5.21 Å². The molecule has 0 aromatic carbocycles. The molecule has 2 heterocycles. The van der Waals surface area contributed by atoms with Gasteiger partial charge in [-0.05, 0) is 0 Å². The second kappa shape index (κ2) is 3.20. The number of anilines is 1. The van der Waals surface area contributed by atoms with Gasteiger partial charge in [0.1, 0.15) is 0 Å². The second-order valence-corrected chi connectivity index (χ2v) is 3.48. The fourth-order valence-corrected chi connectivity index (χ4v) is 1.62. The van der Waals surface area contributed by atoms with E-state index < -0.39 is 11.2 Å². The molecule has 0 bridgehead atoms. The second-order valence-electron chi connectivity index (χ2n) is 3.48. The molecule has 0 atom stereocenters. The molecule has 2 N–H and O–H groups in total. The molecule has 0 amide bonds. The van der Waals surface area contributed by atoms with Crippen LogP contribution < -0.4 is 16.7 Å². The molecular formula is C8H11N5O3. The van der Waals surface area contributed by atoms with E-state index in [0.717, 1.165) is 4.57 Å². The van der Waals surface area contributed by atoms with E-state index >= 15 is 0 Å². The fourth-order valence-electron chi connectivity index (χ4n) is 1.62. The van der Waals surface area contributed by atoms with Gasteiger partial charge in [0.15, 0.2) is 11.2 Å². The highest BCUT2D eigenvalue weighted by molar-refractivity contribution is 5.73. The number of rotatable bonds is 1. The normalized spacial score (nSPS) is 11.0. The summed E-state index contributed by atoms with van der Waals surface area (Å²) in [5.74, 6) is 0.105. The molecule has 2 aromatic heterocycles. The summed E-state index contributed by atoms with van der Waals surface area (Å²) >= 11 is 0. The summed E-state index contributed by atoms with van der Waals surface area (Å²) in [4.78, 5) is 27.4. The first-order valence-electron chi connectivity index (χ1n) is 4.51. The quantitative estimate of drug-likeness (QED) is 0.593. The smallest absolute Gasteiger partial charge is 0.306 e. The molecule has 0 aliphatic rings. The maximum Gasteiger partial charge on any atom is 0.332 e. The summed E-state index contributed by atoms with van der Waals surface area (Å²) in [6.07, 6.45) is 0. The summed E-state index contributed by atoms with van der Waals surface area (Å²) in [5, 5.41) is 8.81. The van der Waals surface area contributed by atoms with E-state index in [-0.39, 0.29) is 17.1 Å². The monoisotopic (exact) mass is 225 g/mol. The van der Waals surface area contributed by atoms with Crippen LogP contribution in [0.5, 0.6) is 0 Å². The van der Waals surface area contributed by atoms with Gasteiger partial charge >= 0.3 is 5.69 Å². The minimum Gasteiger partial charge on any atom is -0.306 e. The van der Waals surface area contributed by atoms with Crippen LogP contribution in [0, 0.1) is 0 Å². The van der Waals surface area contributed by atoms with Crippen molar-refractivity contribution >= 4 is 17.1 Å². The Morgan fingerprint density at radius 2 is 1.75 bits per heavy atom. The molecule has 2 aromatic rings. The maximum atomic E-state index is 11.8. The summed E-state index contributed by atoms with van der Waals surface area (Å²) in [6.45, 7) is 0. The van der Waals surface area contributed by atoms with E-state index in [9.17, 15) is 9.59 Å². The topological polar surface area (TPSA) is 94.1 Å². The summed E-state index contributed by atoms with van der Waals surface area (Å²) in [5.41, 5.74) is 1.44. The number of aromatic nitrogens is 4. The number of imidazole rings is 1. The van der Waals surface area contributed by atoms with Crippen molar-refractivity contribution in [2.45, 2.75) is 0 Å². The first kappa shape index (κ1) is 10.4. The third-order valence-electron chi connectivity index (χ3n) is 2.58. The minimum absolute atomic E-state index is 0.105. The van der Waals surface area contributed by atoms with Crippen molar-refractivity contribution in [3.63, 3.8) is 0 Å². The number of nitrogens with zero attached hydrogens (tertiary/aromatic N) is 4. The lowest BCUT2D eigenvalue weighted by Crippen LogP contribution is -2.37. The van der Waals surface area contributed by atoms with Crippen LogP contribution in [0.3, 0.4) is 0 Å². The van der Waals surface area contributed by atoms with E-state index in [1.54, 1.807) is 7.05 Å². The Hall–Kier alpha value is -2.09. The number of hydrogen-bond acceptors (Lipinski definition) is 5. The van der Waals surface area contributed by atoms with Crippen LogP contribution >= 0.6 is 0 Å².